The molecule has 3 atom stereocenters. The molecule has 96 valence electrons. The lowest BCUT2D eigenvalue weighted by atomic mass is 10.1. The highest BCUT2D eigenvalue weighted by Gasteiger charge is 2.38. The molecule has 0 aromatic rings. The van der Waals surface area contributed by atoms with Crippen LogP contribution >= 0.6 is 22.6 Å². The molecule has 6 heteroatoms. The topological polar surface area (TPSA) is 52.6 Å². The molecule has 0 aromatic heterocycles. The van der Waals surface area contributed by atoms with Gasteiger partial charge in [-0.1, -0.05) is 36.4 Å². The molecule has 1 saturated heterocycles. The zero-order chi connectivity index (χ0) is 12.3. The van der Waals surface area contributed by atoms with Gasteiger partial charge in [-0.15, -0.1) is 0 Å². The summed E-state index contributed by atoms with van der Waals surface area (Å²) in [5.41, 5.74) is 0. The summed E-state index contributed by atoms with van der Waals surface area (Å²) in [6.07, 6.45) is -0.214. The van der Waals surface area contributed by atoms with Crippen LogP contribution < -0.4 is 0 Å². The van der Waals surface area contributed by atoms with Crippen molar-refractivity contribution in [2.75, 3.05) is 25.2 Å². The van der Waals surface area contributed by atoms with Gasteiger partial charge in [0.2, 0.25) is 0 Å². The van der Waals surface area contributed by atoms with Crippen LogP contribution in [0.5, 0.6) is 0 Å². The number of rotatable bonds is 5. The highest BCUT2D eigenvalue weighted by atomic mass is 127. The molecule has 0 aromatic carbocycles. The van der Waals surface area contributed by atoms with Crippen LogP contribution in [0.2, 0.25) is 0 Å². The second kappa shape index (κ2) is 5.97. The van der Waals surface area contributed by atoms with Crippen molar-refractivity contribution in [2.24, 2.45) is 5.92 Å². The van der Waals surface area contributed by atoms with Gasteiger partial charge in [0.25, 0.3) is 0 Å². The Labute approximate surface area is 111 Å². The zero-order valence-electron chi connectivity index (χ0n) is 9.85. The predicted octanol–water partition coefficient (Wildman–Crippen LogP) is 1.27. The molecule has 4 nitrogen and oxygen atoms in total. The van der Waals surface area contributed by atoms with Crippen molar-refractivity contribution >= 4 is 32.4 Å². The molecule has 1 aliphatic heterocycles. The van der Waals surface area contributed by atoms with Gasteiger partial charge in [0.05, 0.1) is 34.2 Å². The summed E-state index contributed by atoms with van der Waals surface area (Å²) in [7, 11) is -1.27. The smallest absolute Gasteiger partial charge is 0.154 e. The van der Waals surface area contributed by atoms with E-state index >= 15 is 0 Å². The zero-order valence-corrected chi connectivity index (χ0v) is 12.8. The van der Waals surface area contributed by atoms with Crippen LogP contribution in [0.1, 0.15) is 13.8 Å². The van der Waals surface area contributed by atoms with Gasteiger partial charge in [-0.2, -0.15) is 0 Å². The molecule has 3 unspecified atom stereocenters. The first kappa shape index (κ1) is 14.7. The van der Waals surface area contributed by atoms with Crippen LogP contribution in [0, 0.1) is 5.92 Å². The standard InChI is InChI=1S/C10H19IO4S/c1-7(2)9(4-14-3)15-10-6-16(12,13)5-8(10)11/h7-10H,4-6H2,1-3H3. The first-order valence-corrected chi connectivity index (χ1v) is 8.41. The van der Waals surface area contributed by atoms with Crippen molar-refractivity contribution in [3.63, 3.8) is 0 Å². The lowest BCUT2D eigenvalue weighted by Gasteiger charge is -2.25. The third kappa shape index (κ3) is 4.12. The number of alkyl halides is 1. The third-order valence-electron chi connectivity index (χ3n) is 2.66. The molecule has 0 N–H and O–H groups in total. The van der Waals surface area contributed by atoms with Crippen LogP contribution in [0.15, 0.2) is 0 Å². The van der Waals surface area contributed by atoms with Crippen molar-refractivity contribution in [1.82, 2.24) is 0 Å². The van der Waals surface area contributed by atoms with Crippen LogP contribution in [0.3, 0.4) is 0 Å². The van der Waals surface area contributed by atoms with Crippen molar-refractivity contribution < 1.29 is 17.9 Å². The molecule has 0 bridgehead atoms. The molecule has 1 heterocycles. The van der Waals surface area contributed by atoms with Crippen LogP contribution in [0.4, 0.5) is 0 Å². The molecule has 0 aliphatic carbocycles. The maximum absolute atomic E-state index is 11.4. The van der Waals surface area contributed by atoms with Gasteiger partial charge in [0.1, 0.15) is 0 Å². The predicted molar refractivity (Wildman–Crippen MR) is 71.8 cm³/mol. The molecule has 0 saturated carbocycles. The fraction of sp³-hybridized carbons (Fsp3) is 1.00. The Morgan fingerprint density at radius 1 is 1.38 bits per heavy atom. The number of halogens is 1. The molecule has 0 radical (unpaired) electrons. The van der Waals surface area contributed by atoms with E-state index in [2.05, 4.69) is 36.4 Å². The van der Waals surface area contributed by atoms with E-state index in [4.69, 9.17) is 9.47 Å². The quantitative estimate of drug-likeness (QED) is 0.546. The van der Waals surface area contributed by atoms with Gasteiger partial charge in [-0.05, 0) is 5.92 Å². The van der Waals surface area contributed by atoms with Gasteiger partial charge < -0.3 is 9.47 Å². The largest absolute Gasteiger partial charge is 0.382 e. The minimum atomic E-state index is -2.90. The highest BCUT2D eigenvalue weighted by molar-refractivity contribution is 14.1. The molecule has 0 spiro atoms. The number of ether oxygens (including phenoxy) is 2. The van der Waals surface area contributed by atoms with Crippen molar-refractivity contribution in [3.8, 4) is 0 Å². The van der Waals surface area contributed by atoms with Gasteiger partial charge in [0.15, 0.2) is 9.84 Å². The maximum atomic E-state index is 11.4. The number of methoxy groups -OCH3 is 1. The molecular weight excluding hydrogens is 343 g/mol. The average molecular weight is 362 g/mol. The van der Waals surface area contributed by atoms with Gasteiger partial charge >= 0.3 is 0 Å². The highest BCUT2D eigenvalue weighted by Crippen LogP contribution is 2.25. The van der Waals surface area contributed by atoms with Gasteiger partial charge in [-0.3, -0.25) is 0 Å². The maximum Gasteiger partial charge on any atom is 0.154 e. The molecule has 1 fully saturated rings. The van der Waals surface area contributed by atoms with E-state index in [-0.39, 0.29) is 27.6 Å². The molecular formula is C10H19IO4S. The molecule has 1 rings (SSSR count). The van der Waals surface area contributed by atoms with E-state index in [1.54, 1.807) is 7.11 Å². The second-order valence-electron chi connectivity index (χ2n) is 4.51. The van der Waals surface area contributed by atoms with Gasteiger partial charge in [-0.25, -0.2) is 8.42 Å². The van der Waals surface area contributed by atoms with E-state index in [1.807, 2.05) is 0 Å². The van der Waals surface area contributed by atoms with E-state index in [1.165, 1.54) is 0 Å². The monoisotopic (exact) mass is 362 g/mol. The second-order valence-corrected chi connectivity index (χ2v) is 8.26. The Morgan fingerprint density at radius 3 is 2.38 bits per heavy atom. The fourth-order valence-electron chi connectivity index (χ4n) is 1.67. The summed E-state index contributed by atoms with van der Waals surface area (Å²) < 4.78 is 33.9. The number of hydrogen-bond acceptors (Lipinski definition) is 4. The summed E-state index contributed by atoms with van der Waals surface area (Å²) in [5.74, 6) is 0.704. The molecule has 1 aliphatic rings. The van der Waals surface area contributed by atoms with E-state index < -0.39 is 9.84 Å². The molecule has 0 amide bonds. The number of sulfone groups is 1. The first-order valence-electron chi connectivity index (χ1n) is 5.34. The van der Waals surface area contributed by atoms with E-state index in [9.17, 15) is 8.42 Å². The Hall–Kier alpha value is 0.600. The SMILES string of the molecule is COCC(OC1CS(=O)(=O)CC1I)C(C)C. The summed E-state index contributed by atoms with van der Waals surface area (Å²) in [6.45, 7) is 4.61. The van der Waals surface area contributed by atoms with Crippen molar-refractivity contribution in [1.29, 1.82) is 0 Å². The number of hydrogen-bond donors (Lipinski definition) is 0. The van der Waals surface area contributed by atoms with Crippen LogP contribution in [-0.4, -0.2) is 49.8 Å². The summed E-state index contributed by atoms with van der Waals surface area (Å²) in [4.78, 5) is 0. The summed E-state index contributed by atoms with van der Waals surface area (Å²) in [5, 5.41) is 0. The Bertz CT molecular complexity index is 315. The van der Waals surface area contributed by atoms with Crippen LogP contribution in [0.25, 0.3) is 0 Å². The molecule has 16 heavy (non-hydrogen) atoms. The van der Waals surface area contributed by atoms with E-state index in [0.717, 1.165) is 0 Å². The van der Waals surface area contributed by atoms with Gasteiger partial charge in [0, 0.05) is 7.11 Å². The summed E-state index contributed by atoms with van der Waals surface area (Å²) in [6, 6.07) is 0. The van der Waals surface area contributed by atoms with Crippen molar-refractivity contribution in [2.45, 2.75) is 30.0 Å². The fourth-order valence-corrected chi connectivity index (χ4v) is 5.73. The lowest BCUT2D eigenvalue weighted by Crippen LogP contribution is -2.34. The first-order chi connectivity index (χ1) is 7.35. The summed E-state index contributed by atoms with van der Waals surface area (Å²) >= 11 is 2.16. The van der Waals surface area contributed by atoms with Crippen LogP contribution in [-0.2, 0) is 19.3 Å². The minimum Gasteiger partial charge on any atom is -0.382 e. The van der Waals surface area contributed by atoms with Crippen molar-refractivity contribution in [3.05, 3.63) is 0 Å². The normalized spacial score (nSPS) is 30.8. The lowest BCUT2D eigenvalue weighted by molar-refractivity contribution is -0.0568. The average Bonchev–Trinajstić information content (AvgIpc) is 2.38. The third-order valence-corrected chi connectivity index (χ3v) is 6.20. The Balaban J connectivity index is 2.59. The van der Waals surface area contributed by atoms with E-state index in [0.29, 0.717) is 12.5 Å². The minimum absolute atomic E-state index is 0.0273. The Morgan fingerprint density at radius 2 is 2.00 bits per heavy atom. The Kier molecular flexibility index (Phi) is 5.47.